The molecule has 1 aromatic rings. The molecule has 1 atom stereocenters. The highest BCUT2D eigenvalue weighted by Gasteiger charge is 2.32. The van der Waals surface area contributed by atoms with Crippen LogP contribution in [0.1, 0.15) is 12.8 Å². The maximum atomic E-state index is 12.5. The van der Waals surface area contributed by atoms with E-state index >= 15 is 0 Å². The molecule has 1 saturated heterocycles. The molecule has 7 heteroatoms. The molecule has 19 heavy (non-hydrogen) atoms. The number of sulfonamides is 1. The van der Waals surface area contributed by atoms with E-state index in [1.807, 2.05) is 7.05 Å². The number of nitrogens with two attached hydrogens (primary N) is 1. The van der Waals surface area contributed by atoms with Gasteiger partial charge in [-0.2, -0.15) is 4.31 Å². The Morgan fingerprint density at radius 1 is 1.53 bits per heavy atom. The van der Waals surface area contributed by atoms with Gasteiger partial charge < -0.3 is 10.6 Å². The van der Waals surface area contributed by atoms with Gasteiger partial charge in [-0.25, -0.2) is 13.4 Å². The van der Waals surface area contributed by atoms with Crippen molar-refractivity contribution >= 4 is 15.7 Å². The number of pyridine rings is 1. The largest absolute Gasteiger partial charge is 0.396 e. The minimum Gasteiger partial charge on any atom is -0.396 e. The topological polar surface area (TPSA) is 79.5 Å². The first-order valence-corrected chi connectivity index (χ1v) is 7.74. The molecule has 106 valence electrons. The summed E-state index contributed by atoms with van der Waals surface area (Å²) in [6.45, 7) is 1.75. The van der Waals surface area contributed by atoms with Crippen molar-refractivity contribution in [1.29, 1.82) is 0 Å². The molecule has 1 unspecified atom stereocenters. The van der Waals surface area contributed by atoms with Gasteiger partial charge in [-0.1, -0.05) is 0 Å². The molecule has 0 bridgehead atoms. The highest BCUT2D eigenvalue weighted by molar-refractivity contribution is 7.89. The number of likely N-dealkylation sites (tertiary alicyclic amines) is 1. The fourth-order valence-corrected chi connectivity index (χ4v) is 3.78. The molecule has 0 amide bonds. The van der Waals surface area contributed by atoms with E-state index in [0.29, 0.717) is 0 Å². The average Bonchev–Trinajstić information content (AvgIpc) is 2.38. The number of nitrogen functional groups attached to an aromatic ring is 1. The number of nitrogens with zero attached hydrogens (tertiary/aromatic N) is 3. The second-order valence-corrected chi connectivity index (χ2v) is 6.89. The molecule has 0 aromatic carbocycles. The molecule has 0 radical (unpaired) electrons. The minimum absolute atomic E-state index is 0.0230. The minimum atomic E-state index is -3.62. The Kier molecular flexibility index (Phi) is 4.07. The molecule has 1 aliphatic heterocycles. The first kappa shape index (κ1) is 14.2. The number of likely N-dealkylation sites (N-methyl/N-ethyl adjacent to an activating group) is 2. The van der Waals surface area contributed by atoms with Crippen LogP contribution in [0, 0.1) is 0 Å². The first-order chi connectivity index (χ1) is 8.93. The lowest BCUT2D eigenvalue weighted by molar-refractivity contribution is 0.187. The van der Waals surface area contributed by atoms with Crippen LogP contribution in [0.2, 0.25) is 0 Å². The summed E-state index contributed by atoms with van der Waals surface area (Å²) in [5.74, 6) is 0. The SMILES string of the molecule is CN1CCCC(N(C)S(=O)(=O)c2ncccc2N)C1. The Balaban J connectivity index is 2.27. The summed E-state index contributed by atoms with van der Waals surface area (Å²) in [6.07, 6.45) is 3.32. The summed E-state index contributed by atoms with van der Waals surface area (Å²) in [5.41, 5.74) is 5.92. The monoisotopic (exact) mass is 284 g/mol. The van der Waals surface area contributed by atoms with Gasteiger partial charge in [0, 0.05) is 25.8 Å². The number of hydrogen-bond donors (Lipinski definition) is 1. The van der Waals surface area contributed by atoms with Gasteiger partial charge in [0.25, 0.3) is 10.0 Å². The highest BCUT2D eigenvalue weighted by Crippen LogP contribution is 2.23. The summed E-state index contributed by atoms with van der Waals surface area (Å²) in [4.78, 5) is 6.06. The Bertz CT molecular complexity index is 546. The second-order valence-electron chi connectivity index (χ2n) is 4.98. The van der Waals surface area contributed by atoms with Crippen LogP contribution in [0.4, 0.5) is 5.69 Å². The van der Waals surface area contributed by atoms with E-state index in [4.69, 9.17) is 5.73 Å². The predicted molar refractivity (Wildman–Crippen MR) is 74.1 cm³/mol. The zero-order valence-electron chi connectivity index (χ0n) is 11.3. The van der Waals surface area contributed by atoms with Crippen LogP contribution >= 0.6 is 0 Å². The lowest BCUT2D eigenvalue weighted by Gasteiger charge is -2.34. The standard InChI is InChI=1S/C12H20N4O2S/c1-15-8-4-5-10(9-15)16(2)19(17,18)12-11(13)6-3-7-14-12/h3,6-7,10H,4-5,8-9,13H2,1-2H3. The molecule has 6 nitrogen and oxygen atoms in total. The molecule has 1 aromatic heterocycles. The van der Waals surface area contributed by atoms with Gasteiger partial charge in [-0.05, 0) is 38.6 Å². The van der Waals surface area contributed by atoms with Crippen LogP contribution in [0.25, 0.3) is 0 Å². The van der Waals surface area contributed by atoms with Crippen LogP contribution < -0.4 is 5.73 Å². The molecular formula is C12H20N4O2S. The zero-order valence-corrected chi connectivity index (χ0v) is 12.1. The van der Waals surface area contributed by atoms with Gasteiger partial charge in [0.15, 0.2) is 5.03 Å². The third-order valence-electron chi connectivity index (χ3n) is 3.54. The zero-order chi connectivity index (χ0) is 14.0. The highest BCUT2D eigenvalue weighted by atomic mass is 32.2. The van der Waals surface area contributed by atoms with E-state index in [9.17, 15) is 8.42 Å². The Labute approximate surface area is 114 Å². The number of rotatable bonds is 3. The van der Waals surface area contributed by atoms with Gasteiger partial charge in [-0.3, -0.25) is 0 Å². The number of aromatic nitrogens is 1. The van der Waals surface area contributed by atoms with Crippen molar-refractivity contribution < 1.29 is 8.42 Å². The van der Waals surface area contributed by atoms with E-state index in [0.717, 1.165) is 25.9 Å². The molecule has 0 spiro atoms. The summed E-state index contributed by atoms with van der Waals surface area (Å²) in [6, 6.07) is 3.16. The van der Waals surface area contributed by atoms with Gasteiger partial charge >= 0.3 is 0 Å². The van der Waals surface area contributed by atoms with E-state index in [1.54, 1.807) is 19.2 Å². The van der Waals surface area contributed by atoms with E-state index in [1.165, 1.54) is 10.5 Å². The van der Waals surface area contributed by atoms with Crippen molar-refractivity contribution in [2.75, 3.05) is 32.9 Å². The summed E-state index contributed by atoms with van der Waals surface area (Å²) in [7, 11) is -0.0160. The molecule has 0 aliphatic carbocycles. The van der Waals surface area contributed by atoms with Crippen molar-refractivity contribution in [1.82, 2.24) is 14.2 Å². The van der Waals surface area contributed by atoms with E-state index in [-0.39, 0.29) is 16.8 Å². The summed E-state index contributed by atoms with van der Waals surface area (Å²) in [5, 5.41) is -0.0503. The molecular weight excluding hydrogens is 264 g/mol. The van der Waals surface area contributed by atoms with Crippen LogP contribution in [0.3, 0.4) is 0 Å². The van der Waals surface area contributed by atoms with Crippen LogP contribution in [-0.2, 0) is 10.0 Å². The lowest BCUT2D eigenvalue weighted by Crippen LogP contribution is -2.47. The van der Waals surface area contributed by atoms with Crippen LogP contribution in [0.5, 0.6) is 0 Å². The maximum Gasteiger partial charge on any atom is 0.262 e. The smallest absolute Gasteiger partial charge is 0.262 e. The van der Waals surface area contributed by atoms with Crippen molar-refractivity contribution in [2.24, 2.45) is 0 Å². The van der Waals surface area contributed by atoms with E-state index < -0.39 is 10.0 Å². The number of hydrogen-bond acceptors (Lipinski definition) is 5. The van der Waals surface area contributed by atoms with Crippen molar-refractivity contribution in [2.45, 2.75) is 23.9 Å². The average molecular weight is 284 g/mol. The quantitative estimate of drug-likeness (QED) is 0.868. The first-order valence-electron chi connectivity index (χ1n) is 6.30. The fraction of sp³-hybridized carbons (Fsp3) is 0.583. The van der Waals surface area contributed by atoms with E-state index in [2.05, 4.69) is 9.88 Å². The summed E-state index contributed by atoms with van der Waals surface area (Å²) >= 11 is 0. The number of piperidine rings is 1. The Hall–Kier alpha value is -1.18. The third kappa shape index (κ3) is 2.88. The number of anilines is 1. The summed E-state index contributed by atoms with van der Waals surface area (Å²) < 4.78 is 26.5. The third-order valence-corrected chi connectivity index (χ3v) is 5.42. The Morgan fingerprint density at radius 3 is 2.89 bits per heavy atom. The molecule has 1 aliphatic rings. The van der Waals surface area contributed by atoms with Crippen LogP contribution in [0.15, 0.2) is 23.4 Å². The Morgan fingerprint density at radius 2 is 2.26 bits per heavy atom. The van der Waals surface area contributed by atoms with Crippen LogP contribution in [-0.4, -0.2) is 55.8 Å². The molecule has 2 heterocycles. The molecule has 0 saturated carbocycles. The van der Waals surface area contributed by atoms with Gasteiger partial charge in [0.1, 0.15) is 0 Å². The van der Waals surface area contributed by atoms with Gasteiger partial charge in [0.05, 0.1) is 5.69 Å². The van der Waals surface area contributed by atoms with Crippen molar-refractivity contribution in [3.05, 3.63) is 18.3 Å². The predicted octanol–water partition coefficient (Wildman–Crippen LogP) is 0.378. The fourth-order valence-electron chi connectivity index (χ4n) is 2.39. The van der Waals surface area contributed by atoms with Gasteiger partial charge in [0.2, 0.25) is 0 Å². The molecule has 2 N–H and O–H groups in total. The molecule has 2 rings (SSSR count). The van der Waals surface area contributed by atoms with Gasteiger partial charge in [-0.15, -0.1) is 0 Å². The lowest BCUT2D eigenvalue weighted by atomic mass is 10.1. The maximum absolute atomic E-state index is 12.5. The second kappa shape index (κ2) is 5.44. The van der Waals surface area contributed by atoms with Crippen molar-refractivity contribution in [3.8, 4) is 0 Å². The normalized spacial score (nSPS) is 21.7. The van der Waals surface area contributed by atoms with Crippen molar-refractivity contribution in [3.63, 3.8) is 0 Å². The molecule has 1 fully saturated rings.